The van der Waals surface area contributed by atoms with Crippen molar-refractivity contribution in [3.8, 4) is 11.5 Å². The van der Waals surface area contributed by atoms with E-state index >= 15 is 0 Å². The lowest BCUT2D eigenvalue weighted by molar-refractivity contribution is -0.114. The number of hydrogen-bond acceptors (Lipinski definition) is 7. The first-order valence-electron chi connectivity index (χ1n) is 8.63. The van der Waals surface area contributed by atoms with Gasteiger partial charge >= 0.3 is 5.97 Å². The molecule has 0 fully saturated rings. The Morgan fingerprint density at radius 3 is 2.34 bits per heavy atom. The molecule has 10 heteroatoms. The fraction of sp³-hybridized carbons (Fsp3) is 0.263. The SMILES string of the molecule is COC(=O)c1ccc(NC(=O)CN(c2ccc3c(c2)OCCO3)S(C)(=O)=O)cc1. The number of nitrogens with one attached hydrogen (secondary N) is 1. The van der Waals surface area contributed by atoms with Crippen LogP contribution in [0.1, 0.15) is 10.4 Å². The van der Waals surface area contributed by atoms with Gasteiger partial charge in [-0.15, -0.1) is 0 Å². The second-order valence-electron chi connectivity index (χ2n) is 6.21. The number of carbonyl (C=O) groups excluding carboxylic acids is 2. The number of rotatable bonds is 6. The van der Waals surface area contributed by atoms with Gasteiger partial charge in [0.15, 0.2) is 11.5 Å². The molecule has 1 amide bonds. The Kier molecular flexibility index (Phi) is 5.92. The van der Waals surface area contributed by atoms with Crippen molar-refractivity contribution in [2.24, 2.45) is 0 Å². The van der Waals surface area contributed by atoms with Crippen molar-refractivity contribution in [3.05, 3.63) is 48.0 Å². The Hall–Kier alpha value is -3.27. The zero-order valence-corrected chi connectivity index (χ0v) is 16.7. The van der Waals surface area contributed by atoms with Crippen LogP contribution in [0.15, 0.2) is 42.5 Å². The summed E-state index contributed by atoms with van der Waals surface area (Å²) in [6, 6.07) is 10.7. The van der Waals surface area contributed by atoms with Gasteiger partial charge in [0.25, 0.3) is 0 Å². The van der Waals surface area contributed by atoms with Crippen LogP contribution in [-0.2, 0) is 19.6 Å². The first-order chi connectivity index (χ1) is 13.8. The quantitative estimate of drug-likeness (QED) is 0.707. The van der Waals surface area contributed by atoms with Crippen LogP contribution in [0, 0.1) is 0 Å². The van der Waals surface area contributed by atoms with Crippen molar-refractivity contribution >= 4 is 33.3 Å². The van der Waals surface area contributed by atoms with E-state index in [-0.39, 0.29) is 5.69 Å². The summed E-state index contributed by atoms with van der Waals surface area (Å²) in [5.41, 5.74) is 1.03. The number of esters is 1. The van der Waals surface area contributed by atoms with E-state index in [0.29, 0.717) is 36.0 Å². The molecule has 1 aliphatic heterocycles. The lowest BCUT2D eigenvalue weighted by Crippen LogP contribution is -2.37. The van der Waals surface area contributed by atoms with Crippen molar-refractivity contribution in [2.75, 3.05) is 42.7 Å². The number of sulfonamides is 1. The third-order valence-electron chi connectivity index (χ3n) is 4.09. The number of amides is 1. The Morgan fingerprint density at radius 1 is 1.07 bits per heavy atom. The highest BCUT2D eigenvalue weighted by atomic mass is 32.2. The first kappa shape index (κ1) is 20.5. The molecule has 1 heterocycles. The van der Waals surface area contributed by atoms with Crippen LogP contribution >= 0.6 is 0 Å². The maximum Gasteiger partial charge on any atom is 0.337 e. The first-order valence-corrected chi connectivity index (χ1v) is 10.5. The number of nitrogens with zero attached hydrogens (tertiary/aromatic N) is 1. The van der Waals surface area contributed by atoms with Crippen LogP contribution in [0.2, 0.25) is 0 Å². The van der Waals surface area contributed by atoms with Crippen LogP contribution in [0.4, 0.5) is 11.4 Å². The summed E-state index contributed by atoms with van der Waals surface area (Å²) in [6.45, 7) is 0.341. The van der Waals surface area contributed by atoms with Gasteiger partial charge in [-0.3, -0.25) is 9.10 Å². The third-order valence-corrected chi connectivity index (χ3v) is 5.23. The second kappa shape index (κ2) is 8.39. The molecule has 0 saturated heterocycles. The lowest BCUT2D eigenvalue weighted by Gasteiger charge is -2.24. The lowest BCUT2D eigenvalue weighted by atomic mass is 10.2. The predicted molar refractivity (Wildman–Crippen MR) is 106 cm³/mol. The topological polar surface area (TPSA) is 111 Å². The van der Waals surface area contributed by atoms with Crippen LogP contribution in [0.3, 0.4) is 0 Å². The van der Waals surface area contributed by atoms with E-state index in [9.17, 15) is 18.0 Å². The molecule has 0 aromatic heterocycles. The average Bonchev–Trinajstić information content (AvgIpc) is 2.71. The summed E-state index contributed by atoms with van der Waals surface area (Å²) in [5.74, 6) is -0.106. The van der Waals surface area contributed by atoms with Gasteiger partial charge in [0.05, 0.1) is 24.6 Å². The van der Waals surface area contributed by atoms with Gasteiger partial charge in [0.1, 0.15) is 19.8 Å². The van der Waals surface area contributed by atoms with Crippen molar-refractivity contribution in [3.63, 3.8) is 0 Å². The highest BCUT2D eigenvalue weighted by molar-refractivity contribution is 7.92. The van der Waals surface area contributed by atoms with E-state index in [4.69, 9.17) is 9.47 Å². The molecule has 9 nitrogen and oxygen atoms in total. The highest BCUT2D eigenvalue weighted by Crippen LogP contribution is 2.34. The molecule has 2 aromatic carbocycles. The molecule has 0 saturated carbocycles. The van der Waals surface area contributed by atoms with Gasteiger partial charge in [0.2, 0.25) is 15.9 Å². The second-order valence-corrected chi connectivity index (χ2v) is 8.12. The highest BCUT2D eigenvalue weighted by Gasteiger charge is 2.23. The zero-order chi connectivity index (χ0) is 21.0. The summed E-state index contributed by atoms with van der Waals surface area (Å²) in [5, 5.41) is 2.61. The fourth-order valence-corrected chi connectivity index (χ4v) is 3.57. The van der Waals surface area contributed by atoms with Crippen LogP contribution in [0.25, 0.3) is 0 Å². The van der Waals surface area contributed by atoms with E-state index in [1.54, 1.807) is 12.1 Å². The van der Waals surface area contributed by atoms with Crippen LogP contribution in [0.5, 0.6) is 11.5 Å². The summed E-state index contributed by atoms with van der Waals surface area (Å²) >= 11 is 0. The summed E-state index contributed by atoms with van der Waals surface area (Å²) in [6.07, 6.45) is 1.02. The van der Waals surface area contributed by atoms with Crippen LogP contribution < -0.4 is 19.1 Å². The van der Waals surface area contributed by atoms with E-state index in [2.05, 4.69) is 10.1 Å². The summed E-state index contributed by atoms with van der Waals surface area (Å²) < 4.78 is 41.0. The van der Waals surface area contributed by atoms with E-state index in [1.807, 2.05) is 0 Å². The van der Waals surface area contributed by atoms with Crippen molar-refractivity contribution in [1.82, 2.24) is 0 Å². The molecule has 0 spiro atoms. The largest absolute Gasteiger partial charge is 0.486 e. The van der Waals surface area contributed by atoms with Gasteiger partial charge in [-0.1, -0.05) is 0 Å². The molecule has 0 unspecified atom stereocenters. The molecule has 1 N–H and O–H groups in total. The molecule has 29 heavy (non-hydrogen) atoms. The molecule has 3 rings (SSSR count). The minimum atomic E-state index is -3.74. The van der Waals surface area contributed by atoms with Crippen molar-refractivity contribution < 1.29 is 32.2 Å². The number of carbonyl (C=O) groups is 2. The Labute approximate surface area is 168 Å². The average molecular weight is 420 g/mol. The Bertz CT molecular complexity index is 1020. The number of hydrogen-bond donors (Lipinski definition) is 1. The van der Waals surface area contributed by atoms with E-state index in [1.165, 1.54) is 37.4 Å². The van der Waals surface area contributed by atoms with Gasteiger partial charge < -0.3 is 19.5 Å². The van der Waals surface area contributed by atoms with Gasteiger partial charge in [-0.25, -0.2) is 13.2 Å². The Balaban J connectivity index is 1.75. The Morgan fingerprint density at radius 2 is 1.72 bits per heavy atom. The van der Waals surface area contributed by atoms with E-state index in [0.717, 1.165) is 10.6 Å². The predicted octanol–water partition coefficient (Wildman–Crippen LogP) is 1.65. The molecular formula is C19H20N2O7S. The van der Waals surface area contributed by atoms with Crippen molar-refractivity contribution in [2.45, 2.75) is 0 Å². The van der Waals surface area contributed by atoms with E-state index < -0.39 is 28.4 Å². The van der Waals surface area contributed by atoms with Crippen LogP contribution in [-0.4, -0.2) is 53.4 Å². The molecule has 0 bridgehead atoms. The molecule has 2 aromatic rings. The molecule has 0 aliphatic carbocycles. The molecule has 1 aliphatic rings. The number of methoxy groups -OCH3 is 1. The fourth-order valence-electron chi connectivity index (χ4n) is 2.73. The van der Waals surface area contributed by atoms with Gasteiger partial charge in [0, 0.05) is 11.8 Å². The smallest absolute Gasteiger partial charge is 0.337 e. The number of anilines is 2. The maximum atomic E-state index is 12.4. The number of benzene rings is 2. The number of fused-ring (bicyclic) bond motifs is 1. The maximum absolute atomic E-state index is 12.4. The standard InChI is InChI=1S/C19H20N2O7S/c1-26-19(23)13-3-5-14(6-4-13)20-18(22)12-21(29(2,24)25)15-7-8-16-17(11-15)28-10-9-27-16/h3-8,11H,9-10,12H2,1-2H3,(H,20,22). The number of ether oxygens (including phenoxy) is 3. The minimum absolute atomic E-state index is 0.285. The zero-order valence-electron chi connectivity index (χ0n) is 15.9. The third kappa shape index (κ3) is 4.96. The van der Waals surface area contributed by atoms with Crippen molar-refractivity contribution in [1.29, 1.82) is 0 Å². The molecule has 0 radical (unpaired) electrons. The molecular weight excluding hydrogens is 400 g/mol. The summed E-state index contributed by atoms with van der Waals surface area (Å²) in [7, 11) is -2.46. The molecule has 0 atom stereocenters. The molecule has 154 valence electrons. The monoisotopic (exact) mass is 420 g/mol. The normalized spacial score (nSPS) is 12.8. The van der Waals surface area contributed by atoms with Gasteiger partial charge in [-0.05, 0) is 36.4 Å². The minimum Gasteiger partial charge on any atom is -0.486 e. The summed E-state index contributed by atoms with van der Waals surface area (Å²) in [4.78, 5) is 23.9. The van der Waals surface area contributed by atoms with Gasteiger partial charge in [-0.2, -0.15) is 0 Å².